The van der Waals surface area contributed by atoms with Crippen LogP contribution < -0.4 is 10.2 Å². The molecule has 2 fully saturated rings. The van der Waals surface area contributed by atoms with Gasteiger partial charge in [0, 0.05) is 38.9 Å². The van der Waals surface area contributed by atoms with E-state index in [0.717, 1.165) is 24.5 Å². The number of carbonyl (C=O) groups excluding carboxylic acids is 1. The Hall–Kier alpha value is -1.82. The van der Waals surface area contributed by atoms with E-state index < -0.39 is 0 Å². The molecule has 0 bridgehead atoms. The molecule has 2 aliphatic rings. The maximum atomic E-state index is 12.3. The first kappa shape index (κ1) is 18.0. The van der Waals surface area contributed by atoms with E-state index in [9.17, 15) is 4.79 Å². The van der Waals surface area contributed by atoms with Crippen molar-refractivity contribution in [1.82, 2.24) is 15.2 Å². The second kappa shape index (κ2) is 8.52. The number of anilines is 1. The summed E-state index contributed by atoms with van der Waals surface area (Å²) in [5.74, 6) is 1.05. The summed E-state index contributed by atoms with van der Waals surface area (Å²) in [6, 6.07) is 4.11. The number of nitrogens with zero attached hydrogens (tertiary/aromatic N) is 3. The molecule has 3 heterocycles. The van der Waals surface area contributed by atoms with Gasteiger partial charge < -0.3 is 19.9 Å². The van der Waals surface area contributed by atoms with Crippen LogP contribution >= 0.6 is 0 Å². The summed E-state index contributed by atoms with van der Waals surface area (Å²) in [5.41, 5.74) is 1.03. The maximum absolute atomic E-state index is 12.3. The molecule has 2 aliphatic heterocycles. The van der Waals surface area contributed by atoms with Crippen molar-refractivity contribution in [2.45, 2.75) is 58.3 Å². The molecule has 2 atom stereocenters. The Labute approximate surface area is 150 Å². The zero-order chi connectivity index (χ0) is 17.6. The summed E-state index contributed by atoms with van der Waals surface area (Å²) >= 11 is 0. The van der Waals surface area contributed by atoms with Crippen molar-refractivity contribution in [3.63, 3.8) is 0 Å². The normalized spacial score (nSPS) is 24.7. The molecule has 1 aromatic heterocycles. The zero-order valence-corrected chi connectivity index (χ0v) is 15.4. The van der Waals surface area contributed by atoms with Gasteiger partial charge >= 0.3 is 6.03 Å². The second-order valence-corrected chi connectivity index (χ2v) is 7.25. The highest BCUT2D eigenvalue weighted by Crippen LogP contribution is 2.17. The van der Waals surface area contributed by atoms with Crippen LogP contribution in [0.4, 0.5) is 10.6 Å². The van der Waals surface area contributed by atoms with Gasteiger partial charge in [-0.15, -0.1) is 0 Å². The summed E-state index contributed by atoms with van der Waals surface area (Å²) in [6.07, 6.45) is 7.18. The number of carbonyl (C=O) groups is 1. The Morgan fingerprint density at radius 1 is 1.16 bits per heavy atom. The number of morpholine rings is 1. The fourth-order valence-electron chi connectivity index (χ4n) is 3.64. The van der Waals surface area contributed by atoms with Crippen molar-refractivity contribution in [3.05, 3.63) is 23.9 Å². The minimum atomic E-state index is -0.0291. The van der Waals surface area contributed by atoms with Crippen molar-refractivity contribution in [2.75, 3.05) is 31.1 Å². The average Bonchev–Trinajstić information content (AvgIpc) is 2.88. The number of pyridine rings is 1. The van der Waals surface area contributed by atoms with Crippen LogP contribution in [0, 0.1) is 0 Å². The fourth-order valence-corrected chi connectivity index (χ4v) is 3.64. The lowest BCUT2D eigenvalue weighted by molar-refractivity contribution is -0.0545. The first-order valence-corrected chi connectivity index (χ1v) is 9.50. The topological polar surface area (TPSA) is 57.7 Å². The summed E-state index contributed by atoms with van der Waals surface area (Å²) in [7, 11) is 0. The van der Waals surface area contributed by atoms with Crippen LogP contribution in [0.3, 0.4) is 0 Å². The average molecular weight is 346 g/mol. The molecule has 1 aromatic rings. The molecule has 25 heavy (non-hydrogen) atoms. The largest absolute Gasteiger partial charge is 0.372 e. The third-order valence-electron chi connectivity index (χ3n) is 4.89. The van der Waals surface area contributed by atoms with Gasteiger partial charge in [-0.1, -0.05) is 18.9 Å². The number of hydrogen-bond acceptors (Lipinski definition) is 4. The van der Waals surface area contributed by atoms with Crippen LogP contribution in [0.2, 0.25) is 0 Å². The molecule has 6 heteroatoms. The third kappa shape index (κ3) is 5.08. The third-order valence-corrected chi connectivity index (χ3v) is 4.89. The minimum absolute atomic E-state index is 0.0291. The number of nitrogens with one attached hydrogen (secondary N) is 1. The summed E-state index contributed by atoms with van der Waals surface area (Å²) in [4.78, 5) is 21.1. The smallest absolute Gasteiger partial charge is 0.317 e. The van der Waals surface area contributed by atoms with Crippen LogP contribution in [0.15, 0.2) is 18.3 Å². The molecule has 0 radical (unpaired) electrons. The monoisotopic (exact) mass is 346 g/mol. The summed E-state index contributed by atoms with van der Waals surface area (Å²) in [6.45, 7) is 7.98. The van der Waals surface area contributed by atoms with Gasteiger partial charge in [0.1, 0.15) is 5.82 Å². The SMILES string of the molecule is CC1CN(C(=O)NCc2ccc(N3CCCCCC3)nc2)CC(C)O1. The van der Waals surface area contributed by atoms with E-state index in [0.29, 0.717) is 19.6 Å². The van der Waals surface area contributed by atoms with Crippen LogP contribution in [-0.4, -0.2) is 54.3 Å². The standard InChI is InChI=1S/C19H30N4O2/c1-15-13-23(14-16(2)25-15)19(24)21-12-17-7-8-18(20-11-17)22-9-5-3-4-6-10-22/h7-8,11,15-16H,3-6,9-10,12-14H2,1-2H3,(H,21,24). The zero-order valence-electron chi connectivity index (χ0n) is 15.4. The van der Waals surface area contributed by atoms with Gasteiger partial charge in [0.2, 0.25) is 0 Å². The van der Waals surface area contributed by atoms with E-state index in [1.807, 2.05) is 24.9 Å². The Balaban J connectivity index is 1.50. The van der Waals surface area contributed by atoms with E-state index in [4.69, 9.17) is 4.74 Å². The molecule has 0 saturated carbocycles. The van der Waals surface area contributed by atoms with Crippen molar-refractivity contribution in [3.8, 4) is 0 Å². The number of urea groups is 1. The van der Waals surface area contributed by atoms with Gasteiger partial charge in [-0.25, -0.2) is 9.78 Å². The van der Waals surface area contributed by atoms with Crippen LogP contribution in [0.25, 0.3) is 0 Å². The van der Waals surface area contributed by atoms with Gasteiger partial charge in [0.05, 0.1) is 12.2 Å². The van der Waals surface area contributed by atoms with Gasteiger partial charge in [-0.2, -0.15) is 0 Å². The molecule has 0 spiro atoms. The predicted octanol–water partition coefficient (Wildman–Crippen LogP) is 2.78. The van der Waals surface area contributed by atoms with Gasteiger partial charge in [-0.3, -0.25) is 0 Å². The highest BCUT2D eigenvalue weighted by Gasteiger charge is 2.25. The second-order valence-electron chi connectivity index (χ2n) is 7.25. The quantitative estimate of drug-likeness (QED) is 0.914. The predicted molar refractivity (Wildman–Crippen MR) is 98.7 cm³/mol. The molecule has 2 unspecified atom stereocenters. The molecule has 0 aliphatic carbocycles. The molecular formula is C19H30N4O2. The van der Waals surface area contributed by atoms with E-state index in [-0.39, 0.29) is 18.2 Å². The molecule has 6 nitrogen and oxygen atoms in total. The Morgan fingerprint density at radius 2 is 1.84 bits per heavy atom. The number of ether oxygens (including phenoxy) is 1. The summed E-state index contributed by atoms with van der Waals surface area (Å²) < 4.78 is 5.67. The maximum Gasteiger partial charge on any atom is 0.317 e. The Morgan fingerprint density at radius 3 is 2.44 bits per heavy atom. The highest BCUT2D eigenvalue weighted by atomic mass is 16.5. The number of hydrogen-bond donors (Lipinski definition) is 1. The van der Waals surface area contributed by atoms with Crippen LogP contribution in [0.1, 0.15) is 45.1 Å². The molecule has 1 N–H and O–H groups in total. The Kier molecular flexibility index (Phi) is 6.13. The lowest BCUT2D eigenvalue weighted by atomic mass is 10.2. The highest BCUT2D eigenvalue weighted by molar-refractivity contribution is 5.74. The van der Waals surface area contributed by atoms with Crippen molar-refractivity contribution in [1.29, 1.82) is 0 Å². The van der Waals surface area contributed by atoms with Gasteiger partial charge in [-0.05, 0) is 38.3 Å². The van der Waals surface area contributed by atoms with Gasteiger partial charge in [0.25, 0.3) is 0 Å². The van der Waals surface area contributed by atoms with Crippen LogP contribution in [0.5, 0.6) is 0 Å². The molecule has 3 rings (SSSR count). The Bertz CT molecular complexity index is 545. The van der Waals surface area contributed by atoms with Crippen molar-refractivity contribution in [2.24, 2.45) is 0 Å². The van der Waals surface area contributed by atoms with E-state index in [1.54, 1.807) is 0 Å². The first-order valence-electron chi connectivity index (χ1n) is 9.50. The molecule has 2 saturated heterocycles. The molecular weight excluding hydrogens is 316 g/mol. The lowest BCUT2D eigenvalue weighted by Crippen LogP contribution is -2.51. The molecule has 2 amide bonds. The van der Waals surface area contributed by atoms with E-state index in [1.165, 1.54) is 25.7 Å². The van der Waals surface area contributed by atoms with Crippen LogP contribution in [-0.2, 0) is 11.3 Å². The fraction of sp³-hybridized carbons (Fsp3) is 0.684. The van der Waals surface area contributed by atoms with E-state index >= 15 is 0 Å². The number of rotatable bonds is 3. The van der Waals surface area contributed by atoms with Crippen molar-refractivity contribution >= 4 is 11.8 Å². The van der Waals surface area contributed by atoms with Gasteiger partial charge in [0.15, 0.2) is 0 Å². The van der Waals surface area contributed by atoms with Crippen molar-refractivity contribution < 1.29 is 9.53 Å². The van der Waals surface area contributed by atoms with E-state index in [2.05, 4.69) is 27.3 Å². The summed E-state index contributed by atoms with van der Waals surface area (Å²) in [5, 5.41) is 3.00. The molecule has 138 valence electrons. The minimum Gasteiger partial charge on any atom is -0.372 e. The lowest BCUT2D eigenvalue weighted by Gasteiger charge is -2.35. The number of amides is 2. The first-order chi connectivity index (χ1) is 12.1. The molecule has 0 aromatic carbocycles. The number of aromatic nitrogens is 1.